The normalized spacial score (nSPS) is 20.6. The molecule has 0 spiro atoms. The van der Waals surface area contributed by atoms with Crippen molar-refractivity contribution in [2.75, 3.05) is 42.6 Å². The van der Waals surface area contributed by atoms with Crippen LogP contribution >= 0.6 is 0 Å². The van der Waals surface area contributed by atoms with Crippen molar-refractivity contribution < 1.29 is 19.1 Å². The number of phenolic OH excluding ortho intramolecular Hbond substituents is 1. The summed E-state index contributed by atoms with van der Waals surface area (Å²) in [7, 11) is 0. The van der Waals surface area contributed by atoms with Gasteiger partial charge in [-0.25, -0.2) is 14.1 Å². The molecule has 0 radical (unpaired) electrons. The van der Waals surface area contributed by atoms with Gasteiger partial charge in [0.1, 0.15) is 17.6 Å². The highest BCUT2D eigenvalue weighted by Gasteiger charge is 2.44. The van der Waals surface area contributed by atoms with E-state index in [-0.39, 0.29) is 30.2 Å². The number of urea groups is 1. The number of anilines is 2. The van der Waals surface area contributed by atoms with Crippen LogP contribution in [0.4, 0.5) is 20.6 Å². The summed E-state index contributed by atoms with van der Waals surface area (Å²) in [6.07, 6.45) is 0. The molecule has 2 heterocycles. The zero-order valence-electron chi connectivity index (χ0n) is 16.2. The molecule has 0 aliphatic carbocycles. The van der Waals surface area contributed by atoms with Crippen LogP contribution in [-0.2, 0) is 4.79 Å². The Kier molecular flexibility index (Phi) is 5.10. The van der Waals surface area contributed by atoms with Crippen molar-refractivity contribution in [3.8, 4) is 5.75 Å². The van der Waals surface area contributed by atoms with Gasteiger partial charge >= 0.3 is 6.03 Å². The van der Waals surface area contributed by atoms with Crippen LogP contribution in [0.25, 0.3) is 0 Å². The lowest BCUT2D eigenvalue weighted by atomic mass is 10.2. The molecule has 1 atom stereocenters. The van der Waals surface area contributed by atoms with Crippen LogP contribution in [0.2, 0.25) is 0 Å². The molecule has 7 nitrogen and oxygen atoms in total. The molecule has 29 heavy (non-hydrogen) atoms. The molecule has 3 amide bonds. The second kappa shape index (κ2) is 7.71. The van der Waals surface area contributed by atoms with Crippen molar-refractivity contribution >= 4 is 23.3 Å². The number of amides is 3. The molecule has 2 saturated heterocycles. The molecule has 0 unspecified atom stereocenters. The number of carbonyl (C=O) groups is 2. The number of carbonyl (C=O) groups excluding carboxylic acids is 2. The van der Waals surface area contributed by atoms with Gasteiger partial charge in [0.2, 0.25) is 0 Å². The Hall–Kier alpha value is -3.13. The van der Waals surface area contributed by atoms with E-state index in [1.165, 1.54) is 34.1 Å². The van der Waals surface area contributed by atoms with Gasteiger partial charge in [-0.2, -0.15) is 0 Å². The number of halogens is 1. The van der Waals surface area contributed by atoms with E-state index in [0.717, 1.165) is 18.8 Å². The number of imide groups is 1. The first kappa shape index (κ1) is 19.2. The van der Waals surface area contributed by atoms with E-state index in [0.29, 0.717) is 18.8 Å². The third-order valence-electron chi connectivity index (χ3n) is 5.48. The zero-order chi connectivity index (χ0) is 20.5. The Morgan fingerprint density at radius 1 is 0.931 bits per heavy atom. The molecule has 2 aliphatic rings. The highest BCUT2D eigenvalue weighted by Crippen LogP contribution is 2.26. The second-order valence-corrected chi connectivity index (χ2v) is 7.33. The Morgan fingerprint density at radius 2 is 1.52 bits per heavy atom. The molecule has 4 rings (SSSR count). The van der Waals surface area contributed by atoms with Gasteiger partial charge < -0.3 is 10.0 Å². The molecular formula is C21H23FN4O3. The Balaban J connectivity index is 1.39. The maximum absolute atomic E-state index is 13.2. The highest BCUT2D eigenvalue weighted by molar-refractivity contribution is 6.14. The van der Waals surface area contributed by atoms with Gasteiger partial charge in [-0.05, 0) is 55.5 Å². The first-order chi connectivity index (χ1) is 13.9. The Bertz CT molecular complexity index is 895. The molecule has 2 fully saturated rings. The molecule has 0 bridgehead atoms. The van der Waals surface area contributed by atoms with E-state index >= 15 is 0 Å². The van der Waals surface area contributed by atoms with Gasteiger partial charge in [0.25, 0.3) is 5.91 Å². The van der Waals surface area contributed by atoms with E-state index in [4.69, 9.17) is 0 Å². The number of rotatable bonds is 4. The van der Waals surface area contributed by atoms with E-state index in [1.54, 1.807) is 19.1 Å². The van der Waals surface area contributed by atoms with Crippen molar-refractivity contribution in [2.24, 2.45) is 0 Å². The number of phenols is 1. The van der Waals surface area contributed by atoms with Crippen LogP contribution in [0.5, 0.6) is 5.75 Å². The van der Waals surface area contributed by atoms with Crippen molar-refractivity contribution in [3.63, 3.8) is 0 Å². The average Bonchev–Trinajstić information content (AvgIpc) is 2.93. The molecule has 2 aliphatic heterocycles. The fraction of sp³-hybridized carbons (Fsp3) is 0.333. The minimum absolute atomic E-state index is 0.235. The highest BCUT2D eigenvalue weighted by atomic mass is 19.1. The van der Waals surface area contributed by atoms with Crippen LogP contribution in [0.15, 0.2) is 48.5 Å². The summed E-state index contributed by atoms with van der Waals surface area (Å²) in [6, 6.07) is 11.7. The van der Waals surface area contributed by atoms with Crippen LogP contribution in [0, 0.1) is 5.82 Å². The predicted molar refractivity (Wildman–Crippen MR) is 107 cm³/mol. The minimum Gasteiger partial charge on any atom is -0.508 e. The molecular weight excluding hydrogens is 375 g/mol. The van der Waals surface area contributed by atoms with E-state index < -0.39 is 6.04 Å². The topological polar surface area (TPSA) is 67.3 Å². The van der Waals surface area contributed by atoms with Crippen LogP contribution in [0.1, 0.15) is 6.92 Å². The number of nitrogens with zero attached hydrogens (tertiary/aromatic N) is 4. The maximum atomic E-state index is 13.2. The van der Waals surface area contributed by atoms with Gasteiger partial charge in [-0.1, -0.05) is 0 Å². The van der Waals surface area contributed by atoms with E-state index in [9.17, 15) is 19.1 Å². The summed E-state index contributed by atoms with van der Waals surface area (Å²) in [5.41, 5.74) is 1.55. The zero-order valence-corrected chi connectivity index (χ0v) is 16.2. The second-order valence-electron chi connectivity index (χ2n) is 7.33. The molecule has 1 N–H and O–H groups in total. The fourth-order valence-electron chi connectivity index (χ4n) is 3.80. The third-order valence-corrected chi connectivity index (χ3v) is 5.48. The van der Waals surface area contributed by atoms with E-state index in [2.05, 4.69) is 9.80 Å². The lowest BCUT2D eigenvalue weighted by molar-refractivity contribution is -0.128. The Labute approximate surface area is 168 Å². The predicted octanol–water partition coefficient (Wildman–Crippen LogP) is 2.47. The molecule has 2 aromatic rings. The summed E-state index contributed by atoms with van der Waals surface area (Å²) in [5, 5.41) is 9.43. The number of hydrogen-bond acceptors (Lipinski definition) is 5. The Morgan fingerprint density at radius 3 is 2.14 bits per heavy atom. The van der Waals surface area contributed by atoms with Gasteiger partial charge in [0.15, 0.2) is 0 Å². The molecule has 0 saturated carbocycles. The molecule has 152 valence electrons. The smallest absolute Gasteiger partial charge is 0.333 e. The maximum Gasteiger partial charge on any atom is 0.333 e. The number of aromatic hydroxyl groups is 1. The summed E-state index contributed by atoms with van der Waals surface area (Å²) in [6.45, 7) is 4.87. The molecule has 8 heteroatoms. The van der Waals surface area contributed by atoms with Crippen molar-refractivity contribution in [3.05, 3.63) is 54.3 Å². The summed E-state index contributed by atoms with van der Waals surface area (Å²) < 4.78 is 13.2. The van der Waals surface area contributed by atoms with Crippen molar-refractivity contribution in [1.82, 2.24) is 9.80 Å². The van der Waals surface area contributed by atoms with Gasteiger partial charge in [-0.3, -0.25) is 14.6 Å². The first-order valence-electron chi connectivity index (χ1n) is 9.60. The largest absolute Gasteiger partial charge is 0.508 e. The molecule has 0 aromatic heterocycles. The van der Waals surface area contributed by atoms with Crippen LogP contribution in [-0.4, -0.2) is 65.7 Å². The van der Waals surface area contributed by atoms with Gasteiger partial charge in [0.05, 0.1) is 6.67 Å². The number of hydrogen-bond donors (Lipinski definition) is 1. The van der Waals surface area contributed by atoms with Gasteiger partial charge in [-0.15, -0.1) is 0 Å². The number of piperazine rings is 1. The van der Waals surface area contributed by atoms with Crippen LogP contribution < -0.4 is 9.80 Å². The summed E-state index contributed by atoms with van der Waals surface area (Å²) in [4.78, 5) is 32.5. The van der Waals surface area contributed by atoms with Gasteiger partial charge in [0, 0.05) is 37.6 Å². The van der Waals surface area contributed by atoms with Crippen LogP contribution in [0.3, 0.4) is 0 Å². The van der Waals surface area contributed by atoms with Crippen molar-refractivity contribution in [1.29, 1.82) is 0 Å². The quantitative estimate of drug-likeness (QED) is 0.802. The monoisotopic (exact) mass is 398 g/mol. The van der Waals surface area contributed by atoms with E-state index in [1.807, 2.05) is 12.1 Å². The van der Waals surface area contributed by atoms with Crippen molar-refractivity contribution in [2.45, 2.75) is 13.0 Å². The fourth-order valence-corrected chi connectivity index (χ4v) is 3.80. The lowest BCUT2D eigenvalue weighted by Crippen LogP contribution is -2.51. The standard InChI is InChI=1S/C21H23FN4O3/c1-15-20(28)25(21(29)26(15)18-4-2-16(22)3-5-18)14-23-10-12-24(13-11-23)17-6-8-19(27)9-7-17/h2-9,15,27H,10-14H2,1H3/t15-/m1/s1. The summed E-state index contributed by atoms with van der Waals surface area (Å²) in [5.74, 6) is -0.402. The first-order valence-corrected chi connectivity index (χ1v) is 9.60. The number of benzene rings is 2. The third kappa shape index (κ3) is 3.75. The average molecular weight is 398 g/mol. The lowest BCUT2D eigenvalue weighted by Gasteiger charge is -2.37. The summed E-state index contributed by atoms with van der Waals surface area (Å²) >= 11 is 0. The SMILES string of the molecule is C[C@@H]1C(=O)N(CN2CCN(c3ccc(O)cc3)CC2)C(=O)N1c1ccc(F)cc1. The minimum atomic E-state index is -0.619. The molecule has 2 aromatic carbocycles.